The van der Waals surface area contributed by atoms with Crippen LogP contribution < -0.4 is 0 Å². The van der Waals surface area contributed by atoms with Crippen LogP contribution in [0.3, 0.4) is 0 Å². The number of thioether (sulfide) groups is 1. The molecule has 0 amide bonds. The molecule has 1 aliphatic rings. The van der Waals surface area contributed by atoms with Gasteiger partial charge in [-0.15, -0.1) is 10.2 Å². The zero-order chi connectivity index (χ0) is 13.5. The summed E-state index contributed by atoms with van der Waals surface area (Å²) in [7, 11) is 0. The van der Waals surface area contributed by atoms with Crippen LogP contribution in [0.5, 0.6) is 0 Å². The summed E-state index contributed by atoms with van der Waals surface area (Å²) in [5.41, 5.74) is 1.28. The first kappa shape index (κ1) is 12.7. The molecule has 0 spiro atoms. The van der Waals surface area contributed by atoms with Gasteiger partial charge in [0.1, 0.15) is 0 Å². The third-order valence-electron chi connectivity index (χ3n) is 3.36. The van der Waals surface area contributed by atoms with Gasteiger partial charge in [0.25, 0.3) is 0 Å². The standard InChI is InChI=1S/C14H18N4S/c1-14(2,3)17-9-18-12(11-7-5-4-6-8-11)15-16-13(18)19-10-17/h4-8H,9-10H2,1-3H3. The largest absolute Gasteiger partial charge is 0.288 e. The first-order valence-electron chi connectivity index (χ1n) is 6.42. The lowest BCUT2D eigenvalue weighted by Crippen LogP contribution is -2.44. The second-order valence-corrected chi connectivity index (χ2v) is 6.64. The third-order valence-corrected chi connectivity index (χ3v) is 4.36. The van der Waals surface area contributed by atoms with Gasteiger partial charge in [-0.3, -0.25) is 9.47 Å². The SMILES string of the molecule is CC(C)(C)N1CSc2nnc(-c3ccccc3)n2C1. The van der Waals surface area contributed by atoms with Gasteiger partial charge in [-0.1, -0.05) is 42.1 Å². The normalized spacial score (nSPS) is 16.4. The van der Waals surface area contributed by atoms with Crippen molar-refractivity contribution >= 4 is 11.8 Å². The minimum atomic E-state index is 0.156. The maximum atomic E-state index is 4.35. The van der Waals surface area contributed by atoms with Crippen LogP contribution in [0.4, 0.5) is 0 Å². The molecule has 0 unspecified atom stereocenters. The van der Waals surface area contributed by atoms with E-state index in [9.17, 15) is 0 Å². The number of hydrogen-bond donors (Lipinski definition) is 0. The first-order valence-corrected chi connectivity index (χ1v) is 7.41. The molecule has 5 heteroatoms. The lowest BCUT2D eigenvalue weighted by Gasteiger charge is -2.38. The summed E-state index contributed by atoms with van der Waals surface area (Å²) in [6, 6.07) is 10.3. The molecular weight excluding hydrogens is 256 g/mol. The molecule has 2 aromatic rings. The van der Waals surface area contributed by atoms with E-state index in [1.54, 1.807) is 11.8 Å². The zero-order valence-electron chi connectivity index (χ0n) is 11.5. The van der Waals surface area contributed by atoms with Crippen molar-refractivity contribution in [2.24, 2.45) is 0 Å². The summed E-state index contributed by atoms with van der Waals surface area (Å²) in [5.74, 6) is 1.92. The molecule has 1 aromatic heterocycles. The van der Waals surface area contributed by atoms with Crippen molar-refractivity contribution < 1.29 is 0 Å². The van der Waals surface area contributed by atoms with Crippen molar-refractivity contribution in [3.63, 3.8) is 0 Å². The smallest absolute Gasteiger partial charge is 0.193 e. The Labute approximate surface area is 117 Å². The van der Waals surface area contributed by atoms with Crippen LogP contribution in [-0.4, -0.2) is 31.1 Å². The van der Waals surface area contributed by atoms with Crippen LogP contribution in [-0.2, 0) is 6.67 Å². The molecule has 1 aliphatic heterocycles. The Balaban J connectivity index is 1.98. The summed E-state index contributed by atoms with van der Waals surface area (Å²) < 4.78 is 2.20. The lowest BCUT2D eigenvalue weighted by atomic mass is 10.1. The van der Waals surface area contributed by atoms with E-state index in [2.05, 4.69) is 52.6 Å². The monoisotopic (exact) mass is 274 g/mol. The number of aromatic nitrogens is 3. The highest BCUT2D eigenvalue weighted by Crippen LogP contribution is 2.31. The van der Waals surface area contributed by atoms with Crippen molar-refractivity contribution in [1.82, 2.24) is 19.7 Å². The maximum Gasteiger partial charge on any atom is 0.193 e. The summed E-state index contributed by atoms with van der Waals surface area (Å²) in [4.78, 5) is 2.43. The highest BCUT2D eigenvalue weighted by molar-refractivity contribution is 7.99. The van der Waals surface area contributed by atoms with E-state index < -0.39 is 0 Å². The molecule has 4 nitrogen and oxygen atoms in total. The Bertz CT molecular complexity index is 571. The van der Waals surface area contributed by atoms with Crippen LogP contribution in [0, 0.1) is 0 Å². The Morgan fingerprint density at radius 3 is 2.53 bits per heavy atom. The van der Waals surface area contributed by atoms with E-state index in [-0.39, 0.29) is 5.54 Å². The van der Waals surface area contributed by atoms with Crippen molar-refractivity contribution in [2.75, 3.05) is 5.88 Å². The summed E-state index contributed by atoms with van der Waals surface area (Å²) in [6.45, 7) is 7.57. The van der Waals surface area contributed by atoms with Gasteiger partial charge in [0.2, 0.25) is 0 Å². The van der Waals surface area contributed by atoms with Gasteiger partial charge in [-0.05, 0) is 20.8 Å². The van der Waals surface area contributed by atoms with Gasteiger partial charge in [0.05, 0.1) is 12.5 Å². The molecule has 0 aliphatic carbocycles. The van der Waals surface area contributed by atoms with E-state index in [0.717, 1.165) is 29.1 Å². The van der Waals surface area contributed by atoms with Crippen LogP contribution in [0.25, 0.3) is 11.4 Å². The van der Waals surface area contributed by atoms with Crippen LogP contribution in [0.2, 0.25) is 0 Å². The lowest BCUT2D eigenvalue weighted by molar-refractivity contribution is 0.115. The van der Waals surface area contributed by atoms with Crippen molar-refractivity contribution in [1.29, 1.82) is 0 Å². The van der Waals surface area contributed by atoms with Crippen molar-refractivity contribution in [2.45, 2.75) is 38.1 Å². The fourth-order valence-corrected chi connectivity index (χ4v) is 3.22. The molecule has 0 N–H and O–H groups in total. The minimum absolute atomic E-state index is 0.156. The Kier molecular flexibility index (Phi) is 3.11. The molecule has 3 rings (SSSR count). The van der Waals surface area contributed by atoms with Gasteiger partial charge in [0.15, 0.2) is 11.0 Å². The number of nitrogens with zero attached hydrogens (tertiary/aromatic N) is 4. The van der Waals surface area contributed by atoms with E-state index in [4.69, 9.17) is 0 Å². The van der Waals surface area contributed by atoms with Gasteiger partial charge < -0.3 is 0 Å². The molecule has 0 radical (unpaired) electrons. The predicted octanol–water partition coefficient (Wildman–Crippen LogP) is 3.07. The molecular formula is C14H18N4S. The average Bonchev–Trinajstić information content (AvgIpc) is 2.81. The van der Waals surface area contributed by atoms with Crippen LogP contribution >= 0.6 is 11.8 Å². The number of benzene rings is 1. The van der Waals surface area contributed by atoms with E-state index in [1.807, 2.05) is 18.2 Å². The summed E-state index contributed by atoms with van der Waals surface area (Å²) in [5, 5.41) is 9.66. The fourth-order valence-electron chi connectivity index (χ4n) is 2.08. The molecule has 0 fully saturated rings. The van der Waals surface area contributed by atoms with Crippen molar-refractivity contribution in [3.05, 3.63) is 30.3 Å². The molecule has 0 atom stereocenters. The molecule has 0 bridgehead atoms. The summed E-state index contributed by atoms with van der Waals surface area (Å²) >= 11 is 1.75. The predicted molar refractivity (Wildman–Crippen MR) is 77.8 cm³/mol. The minimum Gasteiger partial charge on any atom is -0.288 e. The Morgan fingerprint density at radius 2 is 1.84 bits per heavy atom. The van der Waals surface area contributed by atoms with E-state index in [1.165, 1.54) is 0 Å². The maximum absolute atomic E-state index is 4.35. The quantitative estimate of drug-likeness (QED) is 0.800. The Hall–Kier alpha value is -1.33. The molecule has 0 saturated carbocycles. The van der Waals surface area contributed by atoms with Crippen LogP contribution in [0.1, 0.15) is 20.8 Å². The number of hydrogen-bond acceptors (Lipinski definition) is 4. The Morgan fingerprint density at radius 1 is 1.11 bits per heavy atom. The van der Waals surface area contributed by atoms with E-state index >= 15 is 0 Å². The first-order chi connectivity index (χ1) is 9.05. The van der Waals surface area contributed by atoms with Gasteiger partial charge in [-0.25, -0.2) is 0 Å². The summed E-state index contributed by atoms with van der Waals surface area (Å²) in [6.07, 6.45) is 0. The molecule has 1 aromatic carbocycles. The second-order valence-electron chi connectivity index (χ2n) is 5.73. The van der Waals surface area contributed by atoms with E-state index in [0.29, 0.717) is 0 Å². The average molecular weight is 274 g/mol. The zero-order valence-corrected chi connectivity index (χ0v) is 12.3. The molecule has 19 heavy (non-hydrogen) atoms. The van der Waals surface area contributed by atoms with Gasteiger partial charge >= 0.3 is 0 Å². The molecule has 0 saturated heterocycles. The molecule has 100 valence electrons. The van der Waals surface area contributed by atoms with Gasteiger partial charge in [0, 0.05) is 11.1 Å². The number of rotatable bonds is 1. The number of fused-ring (bicyclic) bond motifs is 1. The van der Waals surface area contributed by atoms with Crippen molar-refractivity contribution in [3.8, 4) is 11.4 Å². The van der Waals surface area contributed by atoms with Gasteiger partial charge in [-0.2, -0.15) is 0 Å². The van der Waals surface area contributed by atoms with Crippen LogP contribution in [0.15, 0.2) is 35.5 Å². The third kappa shape index (κ3) is 2.40. The topological polar surface area (TPSA) is 34.0 Å². The highest BCUT2D eigenvalue weighted by Gasteiger charge is 2.28. The molecule has 2 heterocycles. The highest BCUT2D eigenvalue weighted by atomic mass is 32.2. The fraction of sp³-hybridized carbons (Fsp3) is 0.429. The second kappa shape index (κ2) is 4.65.